The first-order chi connectivity index (χ1) is 12.7. The van der Waals surface area contributed by atoms with Gasteiger partial charge in [0, 0.05) is 38.0 Å². The molecular formula is C18H29N3O3SSi. The van der Waals surface area contributed by atoms with Crippen LogP contribution in [0.25, 0.3) is 0 Å². The third-order valence-corrected chi connectivity index (χ3v) is 7.76. The van der Waals surface area contributed by atoms with Crippen molar-refractivity contribution < 1.29 is 13.3 Å². The maximum absolute atomic E-state index is 5.88. The van der Waals surface area contributed by atoms with E-state index in [1.54, 1.807) is 11.8 Å². The first-order valence-corrected chi connectivity index (χ1v) is 12.1. The molecule has 1 aromatic carbocycles. The molecule has 8 heteroatoms. The maximum atomic E-state index is 5.88. The Morgan fingerprint density at radius 2 is 1.65 bits per heavy atom. The number of nitrogens with one attached hydrogen (secondary N) is 1. The summed E-state index contributed by atoms with van der Waals surface area (Å²) in [4.78, 5) is 4.56. The highest BCUT2D eigenvalue weighted by Crippen LogP contribution is 2.22. The molecule has 0 unspecified atom stereocenters. The minimum atomic E-state index is -2.54. The predicted octanol–water partition coefficient (Wildman–Crippen LogP) is 3.93. The van der Waals surface area contributed by atoms with Gasteiger partial charge >= 0.3 is 8.80 Å². The quantitative estimate of drug-likeness (QED) is 0.315. The van der Waals surface area contributed by atoms with Crippen molar-refractivity contribution in [3.8, 4) is 0 Å². The van der Waals surface area contributed by atoms with Gasteiger partial charge in [0.2, 0.25) is 5.16 Å². The number of rotatable bonds is 13. The van der Waals surface area contributed by atoms with Gasteiger partial charge in [0.1, 0.15) is 5.82 Å². The summed E-state index contributed by atoms with van der Waals surface area (Å²) in [6.07, 6.45) is 1.71. The molecule has 0 saturated carbocycles. The lowest BCUT2D eigenvalue weighted by atomic mass is 10.1. The van der Waals surface area contributed by atoms with Crippen LogP contribution in [0.2, 0.25) is 6.04 Å². The third-order valence-electron chi connectivity index (χ3n) is 3.68. The van der Waals surface area contributed by atoms with E-state index in [1.165, 1.54) is 5.56 Å². The zero-order valence-electron chi connectivity index (χ0n) is 15.9. The average molecular weight is 396 g/mol. The van der Waals surface area contributed by atoms with Crippen molar-refractivity contribution in [1.29, 1.82) is 0 Å². The molecule has 0 aliphatic heterocycles. The number of benzene rings is 1. The van der Waals surface area contributed by atoms with Crippen LogP contribution in [0, 0.1) is 0 Å². The molecule has 0 atom stereocenters. The highest BCUT2D eigenvalue weighted by molar-refractivity contribution is 7.99. The Balaban J connectivity index is 1.79. The topological polar surface area (TPSA) is 69.3 Å². The van der Waals surface area contributed by atoms with E-state index in [9.17, 15) is 0 Å². The van der Waals surface area contributed by atoms with Crippen LogP contribution in [0.3, 0.4) is 0 Å². The third kappa shape index (κ3) is 6.84. The van der Waals surface area contributed by atoms with E-state index in [-0.39, 0.29) is 0 Å². The number of thioether (sulfide) groups is 1. The van der Waals surface area contributed by atoms with E-state index in [0.29, 0.717) is 19.8 Å². The van der Waals surface area contributed by atoms with Gasteiger partial charge < -0.3 is 13.3 Å². The standard InChI is InChI=1S/C18H29N3O3SSi/c1-4-22-26(23-5-2,24-6-3)14-10-13-25-18-19-17(20-21-18)15-16-11-8-7-9-12-16/h7-9,11-12H,4-6,10,13-15H2,1-3H3,(H,19,20,21). The lowest BCUT2D eigenvalue weighted by molar-refractivity contribution is 0.0712. The predicted molar refractivity (Wildman–Crippen MR) is 106 cm³/mol. The monoisotopic (exact) mass is 395 g/mol. The summed E-state index contributed by atoms with van der Waals surface area (Å²) >= 11 is 1.65. The minimum absolute atomic E-state index is 0.614. The van der Waals surface area contributed by atoms with Crippen LogP contribution in [0.4, 0.5) is 0 Å². The normalized spacial score (nSPS) is 11.8. The Morgan fingerprint density at radius 1 is 1.00 bits per heavy atom. The lowest BCUT2D eigenvalue weighted by Gasteiger charge is -2.28. The lowest BCUT2D eigenvalue weighted by Crippen LogP contribution is -2.46. The molecule has 1 N–H and O–H groups in total. The largest absolute Gasteiger partial charge is 0.500 e. The van der Waals surface area contributed by atoms with E-state index in [0.717, 1.165) is 35.6 Å². The molecule has 0 amide bonds. The second kappa shape index (κ2) is 11.5. The first-order valence-electron chi connectivity index (χ1n) is 9.21. The second-order valence-electron chi connectivity index (χ2n) is 5.66. The van der Waals surface area contributed by atoms with Crippen LogP contribution in [0.1, 0.15) is 38.6 Å². The van der Waals surface area contributed by atoms with Gasteiger partial charge in [0.05, 0.1) is 0 Å². The van der Waals surface area contributed by atoms with E-state index in [4.69, 9.17) is 13.3 Å². The van der Waals surface area contributed by atoms with Crippen LogP contribution in [0.15, 0.2) is 35.5 Å². The van der Waals surface area contributed by atoms with Crippen LogP contribution in [0.5, 0.6) is 0 Å². The molecule has 0 spiro atoms. The second-order valence-corrected chi connectivity index (χ2v) is 9.46. The van der Waals surface area contributed by atoms with Gasteiger partial charge in [0.15, 0.2) is 0 Å². The van der Waals surface area contributed by atoms with Crippen LogP contribution in [-0.4, -0.2) is 49.6 Å². The van der Waals surface area contributed by atoms with Crippen molar-refractivity contribution in [2.75, 3.05) is 25.6 Å². The summed E-state index contributed by atoms with van der Waals surface area (Å²) in [5, 5.41) is 8.11. The van der Waals surface area contributed by atoms with Crippen LogP contribution in [-0.2, 0) is 19.7 Å². The molecular weight excluding hydrogens is 366 g/mol. The fourth-order valence-electron chi connectivity index (χ4n) is 2.66. The van der Waals surface area contributed by atoms with Gasteiger partial charge in [-0.2, -0.15) is 0 Å². The van der Waals surface area contributed by atoms with Crippen molar-refractivity contribution in [3.05, 3.63) is 41.7 Å². The van der Waals surface area contributed by atoms with Crippen LogP contribution >= 0.6 is 11.8 Å². The molecule has 144 valence electrons. The zero-order chi connectivity index (χ0) is 18.7. The summed E-state index contributed by atoms with van der Waals surface area (Å²) < 4.78 is 17.6. The Bertz CT molecular complexity index is 610. The van der Waals surface area contributed by atoms with Crippen molar-refractivity contribution in [2.45, 2.75) is 44.8 Å². The van der Waals surface area contributed by atoms with Gasteiger partial charge in [-0.25, -0.2) is 4.98 Å². The van der Waals surface area contributed by atoms with Gasteiger partial charge in [-0.05, 0) is 32.8 Å². The molecule has 1 aromatic heterocycles. The summed E-state index contributed by atoms with van der Waals surface area (Å²) in [5.41, 5.74) is 1.22. The molecule has 0 radical (unpaired) electrons. The number of aromatic amines is 1. The Labute approximate surface area is 161 Å². The Morgan fingerprint density at radius 3 is 2.27 bits per heavy atom. The molecule has 1 heterocycles. The molecule has 0 saturated heterocycles. The molecule has 26 heavy (non-hydrogen) atoms. The molecule has 0 aliphatic rings. The highest BCUT2D eigenvalue weighted by Gasteiger charge is 2.39. The maximum Gasteiger partial charge on any atom is 0.500 e. The number of hydrogen-bond donors (Lipinski definition) is 1. The van der Waals surface area contributed by atoms with Crippen molar-refractivity contribution in [1.82, 2.24) is 15.2 Å². The molecule has 2 rings (SSSR count). The van der Waals surface area contributed by atoms with Gasteiger partial charge in [-0.15, -0.1) is 5.10 Å². The Hall–Kier alpha value is -1.19. The first kappa shape index (κ1) is 21.1. The summed E-state index contributed by atoms with van der Waals surface area (Å²) in [7, 11) is -2.54. The molecule has 0 bridgehead atoms. The van der Waals surface area contributed by atoms with Gasteiger partial charge in [-0.3, -0.25) is 5.10 Å². The summed E-state index contributed by atoms with van der Waals surface area (Å²) in [5.74, 6) is 1.80. The van der Waals surface area contributed by atoms with E-state index in [2.05, 4.69) is 27.3 Å². The van der Waals surface area contributed by atoms with Crippen LogP contribution < -0.4 is 0 Å². The highest BCUT2D eigenvalue weighted by atomic mass is 32.2. The smallest absolute Gasteiger partial charge is 0.374 e. The van der Waals surface area contributed by atoms with Crippen molar-refractivity contribution in [2.24, 2.45) is 0 Å². The molecule has 6 nitrogen and oxygen atoms in total. The fraction of sp³-hybridized carbons (Fsp3) is 0.556. The number of H-pyrrole nitrogens is 1. The SMILES string of the molecule is CCO[Si](CCCSc1n[nH]c(Cc2ccccc2)n1)(OCC)OCC. The van der Waals surface area contributed by atoms with Gasteiger partial charge in [-0.1, -0.05) is 42.1 Å². The zero-order valence-corrected chi connectivity index (χ0v) is 17.7. The van der Waals surface area contributed by atoms with Gasteiger partial charge in [0.25, 0.3) is 0 Å². The number of hydrogen-bond acceptors (Lipinski definition) is 6. The van der Waals surface area contributed by atoms with E-state index < -0.39 is 8.80 Å². The minimum Gasteiger partial charge on any atom is -0.374 e. The summed E-state index contributed by atoms with van der Waals surface area (Å²) in [6, 6.07) is 11.1. The van der Waals surface area contributed by atoms with Crippen molar-refractivity contribution >= 4 is 20.6 Å². The fourth-order valence-corrected chi connectivity index (χ4v) is 6.29. The number of aromatic nitrogens is 3. The average Bonchev–Trinajstić information content (AvgIpc) is 3.08. The summed E-state index contributed by atoms with van der Waals surface area (Å²) in [6.45, 7) is 7.79. The Kier molecular flexibility index (Phi) is 9.34. The van der Waals surface area contributed by atoms with Crippen molar-refractivity contribution in [3.63, 3.8) is 0 Å². The van der Waals surface area contributed by atoms with E-state index in [1.807, 2.05) is 39.0 Å². The van der Waals surface area contributed by atoms with E-state index >= 15 is 0 Å². The molecule has 0 fully saturated rings. The molecule has 2 aromatic rings. The molecule has 0 aliphatic carbocycles. The number of nitrogens with zero attached hydrogens (tertiary/aromatic N) is 2.